The number of methoxy groups -OCH3 is 1. The minimum atomic E-state index is -0.647. The van der Waals surface area contributed by atoms with Crippen molar-refractivity contribution in [3.63, 3.8) is 0 Å². The van der Waals surface area contributed by atoms with E-state index in [-0.39, 0.29) is 5.91 Å². The number of piperidine rings is 1. The molecule has 0 spiro atoms. The third-order valence-electron chi connectivity index (χ3n) is 6.18. The van der Waals surface area contributed by atoms with Gasteiger partial charge in [0.1, 0.15) is 5.82 Å². The van der Waals surface area contributed by atoms with Crippen LogP contribution in [0.2, 0.25) is 0 Å². The average Bonchev–Trinajstić information content (AvgIpc) is 3.29. The Bertz CT molecular complexity index is 966. The Morgan fingerprint density at radius 1 is 1.06 bits per heavy atom. The van der Waals surface area contributed by atoms with Crippen molar-refractivity contribution < 1.29 is 9.53 Å². The van der Waals surface area contributed by atoms with Crippen molar-refractivity contribution in [2.75, 3.05) is 32.1 Å². The van der Waals surface area contributed by atoms with Gasteiger partial charge in [0.05, 0.1) is 12.2 Å². The summed E-state index contributed by atoms with van der Waals surface area (Å²) in [5.41, 5.74) is 2.24. The van der Waals surface area contributed by atoms with Gasteiger partial charge in [-0.1, -0.05) is 60.7 Å². The fourth-order valence-corrected chi connectivity index (χ4v) is 4.46. The molecule has 0 bridgehead atoms. The molecule has 2 heterocycles. The summed E-state index contributed by atoms with van der Waals surface area (Å²) < 4.78 is 7.44. The van der Waals surface area contributed by atoms with Gasteiger partial charge in [-0.3, -0.25) is 4.79 Å². The Labute approximate surface area is 190 Å². The van der Waals surface area contributed by atoms with Crippen LogP contribution in [0.3, 0.4) is 0 Å². The molecule has 6 heteroatoms. The molecule has 0 unspecified atom stereocenters. The van der Waals surface area contributed by atoms with Gasteiger partial charge in [0.15, 0.2) is 6.10 Å². The third kappa shape index (κ3) is 5.64. The number of nitrogens with zero attached hydrogens (tertiary/aromatic N) is 3. The van der Waals surface area contributed by atoms with E-state index in [1.54, 1.807) is 13.3 Å². The average molecular weight is 433 g/mol. The number of aryl methyl sites for hydroxylation is 1. The van der Waals surface area contributed by atoms with E-state index < -0.39 is 6.10 Å². The van der Waals surface area contributed by atoms with Crippen LogP contribution in [0, 0.1) is 0 Å². The minimum absolute atomic E-state index is 0.182. The minimum Gasteiger partial charge on any atom is -0.367 e. The number of likely N-dealkylation sites (tertiary alicyclic amines) is 1. The van der Waals surface area contributed by atoms with Gasteiger partial charge in [0, 0.05) is 26.3 Å². The fraction of sp³-hybridized carbons (Fsp3) is 0.385. The van der Waals surface area contributed by atoms with Crippen molar-refractivity contribution in [2.45, 2.75) is 37.8 Å². The summed E-state index contributed by atoms with van der Waals surface area (Å²) in [6.07, 6.45) is 5.47. The van der Waals surface area contributed by atoms with E-state index in [2.05, 4.69) is 45.6 Å². The maximum Gasteiger partial charge on any atom is 0.259 e. The van der Waals surface area contributed by atoms with E-state index in [0.717, 1.165) is 50.3 Å². The van der Waals surface area contributed by atoms with Gasteiger partial charge in [0.25, 0.3) is 5.91 Å². The molecule has 1 N–H and O–H groups in total. The predicted molar refractivity (Wildman–Crippen MR) is 127 cm³/mol. The molecule has 0 saturated carbocycles. The van der Waals surface area contributed by atoms with Gasteiger partial charge in [-0.2, -0.15) is 5.10 Å². The quantitative estimate of drug-likeness (QED) is 0.542. The first kappa shape index (κ1) is 22.2. The molecule has 2 aromatic carbocycles. The smallest absolute Gasteiger partial charge is 0.259 e. The molecule has 3 aromatic rings. The molecule has 1 saturated heterocycles. The summed E-state index contributed by atoms with van der Waals surface area (Å²) in [5.74, 6) is 0.550. The number of anilines is 1. The van der Waals surface area contributed by atoms with Crippen LogP contribution in [-0.4, -0.2) is 47.3 Å². The monoisotopic (exact) mass is 432 g/mol. The highest BCUT2D eigenvalue weighted by atomic mass is 16.5. The van der Waals surface area contributed by atoms with E-state index in [1.807, 2.05) is 41.1 Å². The number of nitrogens with one attached hydrogen (secondary N) is 1. The topological polar surface area (TPSA) is 59.4 Å². The van der Waals surface area contributed by atoms with E-state index in [4.69, 9.17) is 4.74 Å². The highest BCUT2D eigenvalue weighted by Crippen LogP contribution is 2.27. The Kier molecular flexibility index (Phi) is 7.69. The van der Waals surface area contributed by atoms with Gasteiger partial charge in [-0.15, -0.1) is 0 Å². The number of rotatable bonds is 9. The Morgan fingerprint density at radius 3 is 2.44 bits per heavy atom. The lowest BCUT2D eigenvalue weighted by Crippen LogP contribution is -2.36. The first-order chi connectivity index (χ1) is 15.7. The molecule has 1 atom stereocenters. The molecule has 1 aliphatic heterocycles. The molecule has 1 fully saturated rings. The van der Waals surface area contributed by atoms with Crippen molar-refractivity contribution in [1.29, 1.82) is 0 Å². The van der Waals surface area contributed by atoms with E-state index >= 15 is 0 Å². The fourth-order valence-electron chi connectivity index (χ4n) is 4.46. The molecular formula is C26H32N4O2. The van der Waals surface area contributed by atoms with Crippen molar-refractivity contribution in [3.05, 3.63) is 84.1 Å². The highest BCUT2D eigenvalue weighted by Gasteiger charge is 2.25. The number of hydrogen-bond acceptors (Lipinski definition) is 4. The lowest BCUT2D eigenvalue weighted by molar-refractivity contribution is -0.126. The summed E-state index contributed by atoms with van der Waals surface area (Å²) in [6, 6.07) is 22.4. The lowest BCUT2D eigenvalue weighted by Gasteiger charge is -2.32. The van der Waals surface area contributed by atoms with Gasteiger partial charge < -0.3 is 15.0 Å². The molecule has 1 aliphatic rings. The number of amides is 1. The predicted octanol–water partition coefficient (Wildman–Crippen LogP) is 4.48. The molecular weight excluding hydrogens is 400 g/mol. The van der Waals surface area contributed by atoms with Crippen LogP contribution in [0.25, 0.3) is 0 Å². The second-order valence-corrected chi connectivity index (χ2v) is 8.34. The Morgan fingerprint density at radius 2 is 1.75 bits per heavy atom. The van der Waals surface area contributed by atoms with E-state index in [1.165, 1.54) is 12.0 Å². The van der Waals surface area contributed by atoms with Gasteiger partial charge >= 0.3 is 0 Å². The summed E-state index contributed by atoms with van der Waals surface area (Å²) >= 11 is 0. The molecule has 6 nitrogen and oxygen atoms in total. The van der Waals surface area contributed by atoms with Crippen molar-refractivity contribution >= 4 is 11.7 Å². The number of aromatic nitrogens is 2. The first-order valence-corrected chi connectivity index (χ1v) is 11.4. The van der Waals surface area contributed by atoms with Gasteiger partial charge in [-0.25, -0.2) is 4.68 Å². The van der Waals surface area contributed by atoms with Crippen LogP contribution in [0.5, 0.6) is 0 Å². The number of carbonyl (C=O) groups excluding carboxylic acids is 1. The zero-order chi connectivity index (χ0) is 22.2. The van der Waals surface area contributed by atoms with Crippen LogP contribution < -0.4 is 5.32 Å². The number of ether oxygens (including phenoxy) is 1. The molecule has 0 aliphatic carbocycles. The van der Waals surface area contributed by atoms with Crippen molar-refractivity contribution in [2.24, 2.45) is 0 Å². The Balaban J connectivity index is 1.29. The molecule has 0 radical (unpaired) electrons. The molecule has 1 amide bonds. The summed E-state index contributed by atoms with van der Waals surface area (Å²) in [4.78, 5) is 15.4. The van der Waals surface area contributed by atoms with Gasteiger partial charge in [-0.05, 0) is 43.4 Å². The van der Waals surface area contributed by atoms with Crippen LogP contribution >= 0.6 is 0 Å². The largest absolute Gasteiger partial charge is 0.367 e. The maximum absolute atomic E-state index is 12.9. The van der Waals surface area contributed by atoms with Gasteiger partial charge in [0.2, 0.25) is 0 Å². The third-order valence-corrected chi connectivity index (χ3v) is 6.18. The summed E-state index contributed by atoms with van der Waals surface area (Å²) in [7, 11) is 1.56. The van der Waals surface area contributed by atoms with Crippen LogP contribution in [-0.2, 0) is 16.0 Å². The molecule has 4 rings (SSSR count). The van der Waals surface area contributed by atoms with Crippen LogP contribution in [0.4, 0.5) is 5.82 Å². The summed E-state index contributed by atoms with van der Waals surface area (Å²) in [5, 5.41) is 7.54. The highest BCUT2D eigenvalue weighted by molar-refractivity contribution is 5.94. The molecule has 32 heavy (non-hydrogen) atoms. The Hall–Kier alpha value is -2.96. The second kappa shape index (κ2) is 11.1. The normalized spacial score (nSPS) is 16.0. The molecule has 168 valence electrons. The van der Waals surface area contributed by atoms with Crippen molar-refractivity contribution in [1.82, 2.24) is 14.7 Å². The standard InChI is InChI=1S/C26H32N4O2/c1-32-25(22-12-6-3-7-13-22)26(31)28-24-14-17-27-30(24)23-15-19-29(20-16-23)18-8-11-21-9-4-2-5-10-21/h2-7,9-10,12-14,17,23,25H,8,11,15-16,18-20H2,1H3,(H,28,31)/t25-/m0/s1. The maximum atomic E-state index is 12.9. The van der Waals surface area contributed by atoms with E-state index in [9.17, 15) is 4.79 Å². The van der Waals surface area contributed by atoms with Crippen molar-refractivity contribution in [3.8, 4) is 0 Å². The number of carbonyl (C=O) groups is 1. The zero-order valence-corrected chi connectivity index (χ0v) is 18.7. The van der Waals surface area contributed by atoms with E-state index in [0.29, 0.717) is 6.04 Å². The lowest BCUT2D eigenvalue weighted by atomic mass is 10.0. The zero-order valence-electron chi connectivity index (χ0n) is 18.7. The number of hydrogen-bond donors (Lipinski definition) is 1. The first-order valence-electron chi connectivity index (χ1n) is 11.4. The number of benzene rings is 2. The molecule has 1 aromatic heterocycles. The SMILES string of the molecule is CO[C@H](C(=O)Nc1ccnn1C1CCN(CCCc2ccccc2)CC1)c1ccccc1. The van der Waals surface area contributed by atoms with Crippen LogP contribution in [0.1, 0.15) is 42.5 Å². The summed E-state index contributed by atoms with van der Waals surface area (Å²) in [6.45, 7) is 3.23. The van der Waals surface area contributed by atoms with Crippen LogP contribution in [0.15, 0.2) is 72.9 Å². The second-order valence-electron chi connectivity index (χ2n) is 8.34.